The minimum absolute atomic E-state index is 0.0446. The van der Waals surface area contributed by atoms with Crippen LogP contribution in [0.25, 0.3) is 6.08 Å². The quantitative estimate of drug-likeness (QED) is 0.312. The second kappa shape index (κ2) is 9.01. The number of hydrogen-bond donors (Lipinski definition) is 0. The summed E-state index contributed by atoms with van der Waals surface area (Å²) in [5, 5.41) is 11.9. The average molecular weight is 421 g/mol. The Morgan fingerprint density at radius 2 is 1.94 bits per heavy atom. The number of hydrogen-bond acceptors (Lipinski definition) is 7. The Labute approximate surface area is 180 Å². The zero-order valence-corrected chi connectivity index (χ0v) is 17.2. The number of carbonyl (C=O) groups is 1. The standard InChI is InChI=1S/C23H23N3O5/c1-2-31-23(27)16-19-8-7-17-5-3-4-6-20(17)25(19)22-15-18(9-10-21(22)26(28)29)24-11-13-30-14-12-24/h3-10,15-16H,2,11-14H2,1H3/b19-16+. The molecule has 8 nitrogen and oxygen atoms in total. The Balaban J connectivity index is 1.87. The minimum Gasteiger partial charge on any atom is -0.463 e. The van der Waals surface area contributed by atoms with Crippen LogP contribution in [-0.4, -0.2) is 43.8 Å². The van der Waals surface area contributed by atoms with Crippen molar-refractivity contribution >= 4 is 34.8 Å². The molecule has 160 valence electrons. The highest BCUT2D eigenvalue weighted by Gasteiger charge is 2.28. The molecular weight excluding hydrogens is 398 g/mol. The summed E-state index contributed by atoms with van der Waals surface area (Å²) in [6, 6.07) is 12.7. The van der Waals surface area contributed by atoms with Gasteiger partial charge < -0.3 is 19.3 Å². The van der Waals surface area contributed by atoms with Gasteiger partial charge in [0, 0.05) is 30.9 Å². The summed E-state index contributed by atoms with van der Waals surface area (Å²) < 4.78 is 10.5. The fraction of sp³-hybridized carbons (Fsp3) is 0.261. The lowest BCUT2D eigenvalue weighted by atomic mass is 10.0. The second-order valence-corrected chi connectivity index (χ2v) is 7.08. The van der Waals surface area contributed by atoms with Crippen LogP contribution in [0.4, 0.5) is 22.7 Å². The van der Waals surface area contributed by atoms with Gasteiger partial charge >= 0.3 is 5.97 Å². The number of benzene rings is 2. The van der Waals surface area contributed by atoms with E-state index in [4.69, 9.17) is 9.47 Å². The van der Waals surface area contributed by atoms with Crippen LogP contribution >= 0.6 is 0 Å². The Morgan fingerprint density at radius 3 is 2.68 bits per heavy atom. The van der Waals surface area contributed by atoms with Crippen LogP contribution in [-0.2, 0) is 14.3 Å². The molecule has 31 heavy (non-hydrogen) atoms. The molecular formula is C23H23N3O5. The van der Waals surface area contributed by atoms with Crippen molar-refractivity contribution in [1.29, 1.82) is 0 Å². The number of nitrogens with zero attached hydrogens (tertiary/aromatic N) is 3. The molecule has 0 amide bonds. The van der Waals surface area contributed by atoms with Crippen molar-refractivity contribution in [2.45, 2.75) is 6.92 Å². The Morgan fingerprint density at radius 1 is 1.16 bits per heavy atom. The SMILES string of the molecule is CCOC(=O)/C=C1\C=Cc2ccccc2N1c1cc(N2CCOCC2)ccc1[N+](=O)[O-]. The molecule has 1 fully saturated rings. The van der Waals surface area contributed by atoms with E-state index in [9.17, 15) is 14.9 Å². The normalized spacial score (nSPS) is 16.9. The highest BCUT2D eigenvalue weighted by molar-refractivity contribution is 5.92. The maximum absolute atomic E-state index is 12.2. The number of ether oxygens (including phenoxy) is 2. The van der Waals surface area contributed by atoms with Gasteiger partial charge in [-0.1, -0.05) is 24.3 Å². The van der Waals surface area contributed by atoms with Crippen molar-refractivity contribution in [3.8, 4) is 0 Å². The van der Waals surface area contributed by atoms with E-state index in [1.807, 2.05) is 30.3 Å². The number of morpholine rings is 1. The molecule has 2 aliphatic heterocycles. The number of carbonyl (C=O) groups excluding carboxylic acids is 1. The van der Waals surface area contributed by atoms with E-state index in [-0.39, 0.29) is 12.3 Å². The van der Waals surface area contributed by atoms with Crippen LogP contribution < -0.4 is 9.80 Å². The van der Waals surface area contributed by atoms with Gasteiger partial charge in [-0.15, -0.1) is 0 Å². The summed E-state index contributed by atoms with van der Waals surface area (Å²) >= 11 is 0. The van der Waals surface area contributed by atoms with Crippen molar-refractivity contribution in [2.24, 2.45) is 0 Å². The summed E-state index contributed by atoms with van der Waals surface area (Å²) in [6.07, 6.45) is 5.01. The second-order valence-electron chi connectivity index (χ2n) is 7.08. The Hall–Kier alpha value is -3.65. The number of anilines is 3. The first-order valence-electron chi connectivity index (χ1n) is 10.2. The maximum atomic E-state index is 12.2. The average Bonchev–Trinajstić information content (AvgIpc) is 2.79. The number of rotatable bonds is 5. The van der Waals surface area contributed by atoms with Crippen LogP contribution in [0.5, 0.6) is 0 Å². The van der Waals surface area contributed by atoms with Gasteiger partial charge in [0.1, 0.15) is 5.69 Å². The van der Waals surface area contributed by atoms with Crippen LogP contribution in [0.1, 0.15) is 12.5 Å². The van der Waals surface area contributed by atoms with Crippen LogP contribution in [0, 0.1) is 10.1 Å². The van der Waals surface area contributed by atoms with Gasteiger partial charge in [-0.2, -0.15) is 0 Å². The molecule has 0 bridgehead atoms. The number of nitro benzene ring substituents is 1. The Kier molecular flexibility index (Phi) is 5.99. The third-order valence-corrected chi connectivity index (χ3v) is 5.19. The fourth-order valence-corrected chi connectivity index (χ4v) is 3.77. The van der Waals surface area contributed by atoms with E-state index in [1.54, 1.807) is 30.0 Å². The van der Waals surface area contributed by atoms with Gasteiger partial charge in [-0.25, -0.2) is 4.79 Å². The number of fused-ring (bicyclic) bond motifs is 1. The predicted molar refractivity (Wildman–Crippen MR) is 118 cm³/mol. The molecule has 0 spiro atoms. The third kappa shape index (κ3) is 4.29. The monoisotopic (exact) mass is 421 g/mol. The van der Waals surface area contributed by atoms with Crippen LogP contribution in [0.15, 0.2) is 60.3 Å². The van der Waals surface area contributed by atoms with Crippen molar-refractivity contribution in [3.05, 3.63) is 76.0 Å². The van der Waals surface area contributed by atoms with Gasteiger partial charge in [0.25, 0.3) is 5.69 Å². The summed E-state index contributed by atoms with van der Waals surface area (Å²) in [6.45, 7) is 4.61. The smallest absolute Gasteiger partial charge is 0.332 e. The molecule has 4 rings (SSSR count). The van der Waals surface area contributed by atoms with Gasteiger partial charge in [0.05, 0.1) is 36.1 Å². The molecule has 1 saturated heterocycles. The Bertz CT molecular complexity index is 1060. The summed E-state index contributed by atoms with van der Waals surface area (Å²) in [4.78, 5) is 27.6. The maximum Gasteiger partial charge on any atom is 0.332 e. The van der Waals surface area contributed by atoms with Crippen LogP contribution in [0.2, 0.25) is 0 Å². The molecule has 8 heteroatoms. The lowest BCUT2D eigenvalue weighted by Crippen LogP contribution is -2.36. The summed E-state index contributed by atoms with van der Waals surface area (Å²) in [5.74, 6) is -0.501. The summed E-state index contributed by atoms with van der Waals surface area (Å²) in [5.41, 5.74) is 3.36. The molecule has 2 aromatic rings. The third-order valence-electron chi connectivity index (χ3n) is 5.19. The van der Waals surface area contributed by atoms with E-state index in [0.717, 1.165) is 16.9 Å². The van der Waals surface area contributed by atoms with Crippen molar-refractivity contribution in [2.75, 3.05) is 42.7 Å². The van der Waals surface area contributed by atoms with Gasteiger partial charge in [-0.05, 0) is 36.8 Å². The van der Waals surface area contributed by atoms with Gasteiger partial charge in [0.15, 0.2) is 0 Å². The topological polar surface area (TPSA) is 85.2 Å². The lowest BCUT2D eigenvalue weighted by Gasteiger charge is -2.32. The molecule has 0 unspecified atom stereocenters. The van der Waals surface area contributed by atoms with Crippen molar-refractivity contribution < 1.29 is 19.2 Å². The summed E-state index contributed by atoms with van der Waals surface area (Å²) in [7, 11) is 0. The number of esters is 1. The highest BCUT2D eigenvalue weighted by Crippen LogP contribution is 2.43. The number of nitro groups is 1. The first-order valence-corrected chi connectivity index (χ1v) is 10.2. The highest BCUT2D eigenvalue weighted by atomic mass is 16.6. The lowest BCUT2D eigenvalue weighted by molar-refractivity contribution is -0.384. The van der Waals surface area contributed by atoms with E-state index < -0.39 is 10.9 Å². The van der Waals surface area contributed by atoms with Crippen molar-refractivity contribution in [3.63, 3.8) is 0 Å². The van der Waals surface area contributed by atoms with Crippen LogP contribution in [0.3, 0.4) is 0 Å². The molecule has 2 aliphatic rings. The molecule has 0 N–H and O–H groups in total. The molecule has 0 aromatic heterocycles. The van der Waals surface area contributed by atoms with Crippen molar-refractivity contribution in [1.82, 2.24) is 0 Å². The fourth-order valence-electron chi connectivity index (χ4n) is 3.77. The van der Waals surface area contributed by atoms with E-state index >= 15 is 0 Å². The minimum atomic E-state index is -0.501. The van der Waals surface area contributed by atoms with Gasteiger partial charge in [-0.3, -0.25) is 10.1 Å². The van der Waals surface area contributed by atoms with Gasteiger partial charge in [0.2, 0.25) is 0 Å². The van der Waals surface area contributed by atoms with E-state index in [2.05, 4.69) is 4.90 Å². The zero-order valence-electron chi connectivity index (χ0n) is 17.2. The largest absolute Gasteiger partial charge is 0.463 e. The molecule has 0 atom stereocenters. The number of para-hydroxylation sites is 1. The first-order chi connectivity index (χ1) is 15.1. The molecule has 0 radical (unpaired) electrons. The zero-order chi connectivity index (χ0) is 21.8. The predicted octanol–water partition coefficient (Wildman–Crippen LogP) is 4.04. The van der Waals surface area contributed by atoms with E-state index in [1.165, 1.54) is 12.1 Å². The first kappa shape index (κ1) is 20.6. The van der Waals surface area contributed by atoms with E-state index in [0.29, 0.717) is 37.7 Å². The molecule has 0 saturated carbocycles. The number of allylic oxidation sites excluding steroid dienone is 1. The molecule has 2 aromatic carbocycles. The molecule has 2 heterocycles. The molecule has 0 aliphatic carbocycles.